The van der Waals surface area contributed by atoms with Crippen molar-refractivity contribution in [1.82, 2.24) is 87.8 Å². The molecule has 12 aromatic rings. The Labute approximate surface area is 440 Å². The van der Waals surface area contributed by atoms with E-state index in [1.807, 2.05) is 29.8 Å². The second-order valence-electron chi connectivity index (χ2n) is 17.8. The molecule has 9 heterocycles. The number of halogens is 9. The SMILES string of the molecule is Cc1nc(-c2cn3ccnc3c(Cc3ccccc3F)n2)n(CC(F)(F)F)n1.Cc1nc(-c2cn3ccnc3c(Cc3ccccc3F)n2)n[nH]1.Cc1nc(-c2cn3ccnc3c(Cc3ccccc3F)n2)nn1CC(F)(F)F. The Morgan fingerprint density at radius 3 is 1.32 bits per heavy atom. The predicted molar refractivity (Wildman–Crippen MR) is 266 cm³/mol. The molecule has 0 spiro atoms. The maximum Gasteiger partial charge on any atom is 0.408 e. The smallest absolute Gasteiger partial charge is 0.303 e. The molecule has 0 aliphatic rings. The van der Waals surface area contributed by atoms with Gasteiger partial charge in [0.25, 0.3) is 0 Å². The average molecular weight is 1090 g/mol. The number of aromatic amines is 1. The number of rotatable bonds is 11. The minimum Gasteiger partial charge on any atom is -0.303 e. The Bertz CT molecular complexity index is 4110. The van der Waals surface area contributed by atoms with Gasteiger partial charge in [-0.3, -0.25) is 5.10 Å². The number of H-pyrrole nitrogens is 1. The number of hydrogen-bond donors (Lipinski definition) is 1. The molecule has 18 nitrogen and oxygen atoms in total. The van der Waals surface area contributed by atoms with Gasteiger partial charge in [0.1, 0.15) is 65.1 Å². The Morgan fingerprint density at radius 1 is 0.468 bits per heavy atom. The number of hydrogen-bond acceptors (Lipinski definition) is 12. The van der Waals surface area contributed by atoms with E-state index in [0.29, 0.717) is 74.5 Å². The van der Waals surface area contributed by atoms with E-state index in [1.54, 1.807) is 88.3 Å². The fourth-order valence-corrected chi connectivity index (χ4v) is 8.37. The molecule has 12 rings (SSSR count). The van der Waals surface area contributed by atoms with Crippen molar-refractivity contribution in [2.75, 3.05) is 0 Å². The molecule has 0 saturated carbocycles. The molecule has 0 atom stereocenters. The van der Waals surface area contributed by atoms with Gasteiger partial charge in [0.15, 0.2) is 22.8 Å². The molecular weight excluding hydrogens is 1050 g/mol. The Balaban J connectivity index is 0.000000134. The van der Waals surface area contributed by atoms with Crippen molar-refractivity contribution < 1.29 is 39.5 Å². The summed E-state index contributed by atoms with van der Waals surface area (Å²) in [6, 6.07) is 19.2. The minimum atomic E-state index is -4.45. The van der Waals surface area contributed by atoms with Crippen LogP contribution in [0.2, 0.25) is 0 Å². The summed E-state index contributed by atoms with van der Waals surface area (Å²) in [6.45, 7) is 2.26. The van der Waals surface area contributed by atoms with Crippen molar-refractivity contribution in [3.05, 3.63) is 197 Å². The fourth-order valence-electron chi connectivity index (χ4n) is 8.37. The van der Waals surface area contributed by atoms with Gasteiger partial charge in [-0.05, 0) is 55.7 Å². The molecule has 0 saturated heterocycles. The normalized spacial score (nSPS) is 11.8. The van der Waals surface area contributed by atoms with Gasteiger partial charge in [-0.15, -0.1) is 5.10 Å². The summed E-state index contributed by atoms with van der Waals surface area (Å²) >= 11 is 0. The molecule has 0 bridgehead atoms. The molecule has 27 heteroatoms. The lowest BCUT2D eigenvalue weighted by Gasteiger charge is -2.11. The lowest BCUT2D eigenvalue weighted by Crippen LogP contribution is -2.20. The van der Waals surface area contributed by atoms with E-state index in [0.717, 1.165) is 9.36 Å². The van der Waals surface area contributed by atoms with Gasteiger partial charge in [-0.25, -0.2) is 67.4 Å². The van der Waals surface area contributed by atoms with Crippen molar-refractivity contribution in [1.29, 1.82) is 0 Å². The van der Waals surface area contributed by atoms with Crippen LogP contribution in [-0.4, -0.2) is 100 Å². The van der Waals surface area contributed by atoms with Crippen molar-refractivity contribution in [2.24, 2.45) is 0 Å². The predicted octanol–water partition coefficient (Wildman–Crippen LogP) is 9.73. The average Bonchev–Trinajstić information content (AvgIpc) is 4.32. The second kappa shape index (κ2) is 21.7. The highest BCUT2D eigenvalue weighted by molar-refractivity contribution is 5.58. The summed E-state index contributed by atoms with van der Waals surface area (Å²) in [4.78, 5) is 38.8. The van der Waals surface area contributed by atoms with Gasteiger partial charge in [-0.2, -0.15) is 36.5 Å². The van der Waals surface area contributed by atoms with Crippen molar-refractivity contribution >= 4 is 16.9 Å². The van der Waals surface area contributed by atoms with Crippen LogP contribution in [0, 0.1) is 38.2 Å². The van der Waals surface area contributed by atoms with Crippen LogP contribution in [0.4, 0.5) is 39.5 Å². The highest BCUT2D eigenvalue weighted by Gasteiger charge is 2.32. The van der Waals surface area contributed by atoms with E-state index in [4.69, 9.17) is 0 Å². The maximum atomic E-state index is 14.1. The van der Waals surface area contributed by atoms with Crippen LogP contribution in [0.3, 0.4) is 0 Å². The molecular formula is C52H41F9N18. The summed E-state index contributed by atoms with van der Waals surface area (Å²) in [5.41, 5.74) is 5.80. The molecule has 0 radical (unpaired) electrons. The monoisotopic (exact) mass is 1090 g/mol. The quantitative estimate of drug-likeness (QED) is 0.121. The van der Waals surface area contributed by atoms with Gasteiger partial charge in [0, 0.05) is 75.0 Å². The lowest BCUT2D eigenvalue weighted by molar-refractivity contribution is -0.143. The lowest BCUT2D eigenvalue weighted by atomic mass is 10.1. The van der Waals surface area contributed by atoms with Crippen molar-refractivity contribution in [2.45, 2.75) is 65.5 Å². The number of benzene rings is 3. The molecule has 0 aliphatic carbocycles. The zero-order chi connectivity index (χ0) is 55.6. The summed E-state index contributed by atoms with van der Waals surface area (Å²) in [5, 5.41) is 14.7. The summed E-state index contributed by atoms with van der Waals surface area (Å²) in [7, 11) is 0. The van der Waals surface area contributed by atoms with Crippen LogP contribution in [-0.2, 0) is 32.4 Å². The first-order valence-electron chi connectivity index (χ1n) is 23.9. The van der Waals surface area contributed by atoms with Gasteiger partial charge >= 0.3 is 12.4 Å². The number of aromatic nitrogens is 18. The summed E-state index contributed by atoms with van der Waals surface area (Å²) in [5.74, 6) is 0.567. The molecule has 0 amide bonds. The maximum absolute atomic E-state index is 14.1. The molecule has 0 fully saturated rings. The van der Waals surface area contributed by atoms with Crippen LogP contribution in [0.1, 0.15) is 51.2 Å². The van der Waals surface area contributed by atoms with Gasteiger partial charge in [0.05, 0.1) is 17.1 Å². The fraction of sp³-hybridized carbons (Fsp3) is 0.192. The van der Waals surface area contributed by atoms with E-state index in [2.05, 4.69) is 65.3 Å². The summed E-state index contributed by atoms with van der Waals surface area (Å²) in [6.07, 6.45) is 6.65. The van der Waals surface area contributed by atoms with Gasteiger partial charge in [0.2, 0.25) is 11.6 Å². The Morgan fingerprint density at radius 2 is 0.886 bits per heavy atom. The zero-order valence-corrected chi connectivity index (χ0v) is 41.7. The van der Waals surface area contributed by atoms with Gasteiger partial charge in [-0.1, -0.05) is 54.6 Å². The second-order valence-corrected chi connectivity index (χ2v) is 17.8. The molecule has 9 aromatic heterocycles. The number of nitrogens with one attached hydrogen (secondary N) is 1. The third-order valence-electron chi connectivity index (χ3n) is 11.9. The van der Waals surface area contributed by atoms with E-state index in [1.165, 1.54) is 44.4 Å². The topological polar surface area (TPSA) is 194 Å². The van der Waals surface area contributed by atoms with E-state index in [9.17, 15) is 39.5 Å². The third-order valence-corrected chi connectivity index (χ3v) is 11.9. The van der Waals surface area contributed by atoms with E-state index in [-0.39, 0.29) is 59.2 Å². The third kappa shape index (κ3) is 12.3. The zero-order valence-electron chi connectivity index (χ0n) is 41.7. The van der Waals surface area contributed by atoms with Crippen LogP contribution in [0.15, 0.2) is 129 Å². The Hall–Kier alpha value is -9.69. The number of nitrogens with zero attached hydrogens (tertiary/aromatic N) is 17. The van der Waals surface area contributed by atoms with E-state index >= 15 is 0 Å². The van der Waals surface area contributed by atoms with Crippen LogP contribution >= 0.6 is 0 Å². The van der Waals surface area contributed by atoms with Gasteiger partial charge < -0.3 is 13.2 Å². The highest BCUT2D eigenvalue weighted by atomic mass is 19.4. The number of aryl methyl sites for hydroxylation is 3. The van der Waals surface area contributed by atoms with Crippen molar-refractivity contribution in [3.8, 4) is 34.6 Å². The molecule has 402 valence electrons. The highest BCUT2D eigenvalue weighted by Crippen LogP contribution is 2.27. The molecule has 0 aliphatic heterocycles. The first-order valence-corrected chi connectivity index (χ1v) is 23.9. The number of fused-ring (bicyclic) bond motifs is 3. The molecule has 79 heavy (non-hydrogen) atoms. The molecule has 3 aromatic carbocycles. The van der Waals surface area contributed by atoms with Crippen LogP contribution < -0.4 is 0 Å². The first-order chi connectivity index (χ1) is 37.8. The first kappa shape index (κ1) is 52.7. The number of alkyl halides is 6. The van der Waals surface area contributed by atoms with Crippen LogP contribution in [0.5, 0.6) is 0 Å². The largest absolute Gasteiger partial charge is 0.408 e. The van der Waals surface area contributed by atoms with Crippen LogP contribution in [0.25, 0.3) is 51.5 Å². The Kier molecular flexibility index (Phi) is 14.5. The molecule has 0 unspecified atom stereocenters. The minimum absolute atomic E-state index is 0.0137. The van der Waals surface area contributed by atoms with E-state index < -0.39 is 31.3 Å². The standard InChI is InChI=1S/2C18H14F4N6.C16H13FN6/c1-11-24-16(26-28(11)10-18(20,21)22)15-9-27-7-6-23-17(27)14(25-15)8-12-4-2-3-5-13(12)19;1-11-24-17(28(26-11)10-18(20,21)22)15-9-27-7-6-23-16(27)14(25-15)8-12-4-2-3-5-13(12)19;1-10-19-15(22-21-10)14-9-23-7-6-18-16(23)13(20-14)8-11-4-2-3-5-12(11)17/h2*2-7,9H,8,10H2,1H3;2-7,9H,8H2,1H3,(H,19,21,22). The summed E-state index contributed by atoms with van der Waals surface area (Å²) < 4.78 is 126. The van der Waals surface area contributed by atoms with Crippen molar-refractivity contribution in [3.63, 3.8) is 0 Å². The molecule has 1 N–H and O–H groups in total. The number of imidazole rings is 3.